The maximum atomic E-state index is 11.7. The molecule has 0 aliphatic carbocycles. The summed E-state index contributed by atoms with van der Waals surface area (Å²) < 4.78 is 5.24. The third-order valence-corrected chi connectivity index (χ3v) is 2.32. The molecule has 0 aromatic carbocycles. The van der Waals surface area contributed by atoms with Gasteiger partial charge in [-0.05, 0) is 20.8 Å². The first-order chi connectivity index (χ1) is 6.79. The summed E-state index contributed by atoms with van der Waals surface area (Å²) >= 11 is 0. The minimum atomic E-state index is -0.470. The number of hydrogen-bond acceptors (Lipinski definition) is 3. The van der Waals surface area contributed by atoms with Crippen LogP contribution in [0, 0.1) is 5.92 Å². The zero-order valence-corrected chi connectivity index (χ0v) is 9.87. The van der Waals surface area contributed by atoms with Crippen molar-refractivity contribution in [1.29, 1.82) is 0 Å². The van der Waals surface area contributed by atoms with Gasteiger partial charge >= 0.3 is 6.09 Å². The largest absolute Gasteiger partial charge is 0.444 e. The van der Waals surface area contributed by atoms with E-state index in [1.54, 1.807) is 4.90 Å². The molecule has 0 unspecified atom stereocenters. The highest BCUT2D eigenvalue weighted by Crippen LogP contribution is 2.16. The topological polar surface area (TPSA) is 46.6 Å². The van der Waals surface area contributed by atoms with Crippen LogP contribution in [0.3, 0.4) is 0 Å². The van der Waals surface area contributed by atoms with Gasteiger partial charge in [-0.1, -0.05) is 6.92 Å². The van der Waals surface area contributed by atoms with Crippen molar-refractivity contribution < 1.29 is 14.3 Å². The molecule has 15 heavy (non-hydrogen) atoms. The van der Waals surface area contributed by atoms with E-state index in [0.717, 1.165) is 0 Å². The van der Waals surface area contributed by atoms with Crippen LogP contribution in [-0.4, -0.2) is 35.5 Å². The van der Waals surface area contributed by atoms with Gasteiger partial charge in [-0.2, -0.15) is 0 Å². The maximum absolute atomic E-state index is 11.7. The number of carbonyl (C=O) groups excluding carboxylic acids is 2. The van der Waals surface area contributed by atoms with E-state index < -0.39 is 5.60 Å². The van der Waals surface area contributed by atoms with Crippen LogP contribution in [0.2, 0.25) is 0 Å². The minimum absolute atomic E-state index is 0.0636. The number of Topliss-reactive ketones (excluding diaryl/α,β-unsaturated/α-hetero) is 1. The molecule has 0 saturated carbocycles. The van der Waals surface area contributed by atoms with Gasteiger partial charge in [0.05, 0.1) is 0 Å². The van der Waals surface area contributed by atoms with Gasteiger partial charge in [0.2, 0.25) is 0 Å². The number of carbonyl (C=O) groups is 2. The molecule has 1 atom stereocenters. The van der Waals surface area contributed by atoms with Gasteiger partial charge in [-0.25, -0.2) is 4.79 Å². The molecule has 0 aromatic rings. The van der Waals surface area contributed by atoms with Crippen molar-refractivity contribution in [2.45, 2.75) is 39.7 Å². The third kappa shape index (κ3) is 3.53. The second-order valence-electron chi connectivity index (χ2n) is 5.04. The fourth-order valence-corrected chi connectivity index (χ4v) is 1.51. The van der Waals surface area contributed by atoms with E-state index in [1.807, 2.05) is 27.7 Å². The molecule has 1 saturated heterocycles. The van der Waals surface area contributed by atoms with E-state index in [4.69, 9.17) is 4.74 Å². The second kappa shape index (κ2) is 4.21. The molecule has 1 aliphatic rings. The molecule has 1 amide bonds. The smallest absolute Gasteiger partial charge is 0.410 e. The number of hydrogen-bond donors (Lipinski definition) is 0. The fourth-order valence-electron chi connectivity index (χ4n) is 1.51. The predicted molar refractivity (Wildman–Crippen MR) is 56.6 cm³/mol. The average molecular weight is 213 g/mol. The minimum Gasteiger partial charge on any atom is -0.444 e. The lowest BCUT2D eigenvalue weighted by Gasteiger charge is -2.32. The Labute approximate surface area is 90.6 Å². The second-order valence-corrected chi connectivity index (χ2v) is 5.04. The van der Waals surface area contributed by atoms with Crippen LogP contribution in [0.5, 0.6) is 0 Å². The lowest BCUT2D eigenvalue weighted by Crippen LogP contribution is -2.45. The van der Waals surface area contributed by atoms with Crippen LogP contribution in [0.25, 0.3) is 0 Å². The zero-order chi connectivity index (χ0) is 11.6. The van der Waals surface area contributed by atoms with E-state index >= 15 is 0 Å². The standard InChI is InChI=1S/C11H19NO3/c1-8-7-12(6-5-9(8)13)10(14)15-11(2,3)4/h8H,5-7H2,1-4H3/t8-/m0/s1. The summed E-state index contributed by atoms with van der Waals surface area (Å²) in [5.41, 5.74) is -0.470. The highest BCUT2D eigenvalue weighted by Gasteiger charge is 2.29. The van der Waals surface area contributed by atoms with Crippen molar-refractivity contribution in [3.8, 4) is 0 Å². The first-order valence-electron chi connectivity index (χ1n) is 5.30. The molecule has 1 fully saturated rings. The Bertz CT molecular complexity index is 267. The Morgan fingerprint density at radius 1 is 1.47 bits per heavy atom. The van der Waals surface area contributed by atoms with Gasteiger partial charge in [-0.15, -0.1) is 0 Å². The highest BCUT2D eigenvalue weighted by atomic mass is 16.6. The summed E-state index contributed by atoms with van der Waals surface area (Å²) in [6.45, 7) is 8.32. The molecule has 1 rings (SSSR count). The average Bonchev–Trinajstić information content (AvgIpc) is 2.06. The van der Waals surface area contributed by atoms with Gasteiger partial charge in [-0.3, -0.25) is 4.79 Å². The molecule has 1 aliphatic heterocycles. The lowest BCUT2D eigenvalue weighted by atomic mass is 9.99. The zero-order valence-electron chi connectivity index (χ0n) is 9.87. The quantitative estimate of drug-likeness (QED) is 0.616. The molecule has 0 N–H and O–H groups in total. The van der Waals surface area contributed by atoms with E-state index in [0.29, 0.717) is 19.5 Å². The van der Waals surface area contributed by atoms with Crippen LogP contribution >= 0.6 is 0 Å². The van der Waals surface area contributed by atoms with Gasteiger partial charge in [0.25, 0.3) is 0 Å². The summed E-state index contributed by atoms with van der Waals surface area (Å²) in [5.74, 6) is 0.168. The highest BCUT2D eigenvalue weighted by molar-refractivity contribution is 5.83. The third-order valence-electron chi connectivity index (χ3n) is 2.32. The van der Waals surface area contributed by atoms with Crippen molar-refractivity contribution in [3.05, 3.63) is 0 Å². The van der Waals surface area contributed by atoms with E-state index in [9.17, 15) is 9.59 Å². The molecule has 0 aromatic heterocycles. The SMILES string of the molecule is C[C@H]1CN(C(=O)OC(C)(C)C)CCC1=O. The summed E-state index contributed by atoms with van der Waals surface area (Å²) in [4.78, 5) is 24.5. The molecular formula is C11H19NO3. The Balaban J connectivity index is 2.51. The predicted octanol–water partition coefficient (Wildman–Crippen LogP) is 1.83. The first kappa shape index (κ1) is 12.0. The molecule has 4 heteroatoms. The molecule has 4 nitrogen and oxygen atoms in total. The van der Waals surface area contributed by atoms with E-state index in [-0.39, 0.29) is 17.8 Å². The Kier molecular flexibility index (Phi) is 3.37. The summed E-state index contributed by atoms with van der Waals surface area (Å²) in [6.07, 6.45) is 0.127. The normalized spacial score (nSPS) is 22.8. The van der Waals surface area contributed by atoms with Crippen molar-refractivity contribution in [2.24, 2.45) is 5.92 Å². The number of amides is 1. The molecule has 0 bridgehead atoms. The molecule has 86 valence electrons. The Morgan fingerprint density at radius 2 is 2.07 bits per heavy atom. The Morgan fingerprint density at radius 3 is 2.53 bits per heavy atom. The van der Waals surface area contributed by atoms with Crippen molar-refractivity contribution >= 4 is 11.9 Å². The van der Waals surface area contributed by atoms with E-state index in [2.05, 4.69) is 0 Å². The number of rotatable bonds is 0. The lowest BCUT2D eigenvalue weighted by molar-refractivity contribution is -0.125. The summed E-state index contributed by atoms with van der Waals surface area (Å²) in [5, 5.41) is 0. The molecular weight excluding hydrogens is 194 g/mol. The Hall–Kier alpha value is -1.06. The van der Waals surface area contributed by atoms with Crippen LogP contribution in [-0.2, 0) is 9.53 Å². The maximum Gasteiger partial charge on any atom is 0.410 e. The van der Waals surface area contributed by atoms with Gasteiger partial charge in [0, 0.05) is 25.4 Å². The molecule has 0 spiro atoms. The van der Waals surface area contributed by atoms with Gasteiger partial charge < -0.3 is 9.64 Å². The van der Waals surface area contributed by atoms with Crippen LogP contribution in [0.1, 0.15) is 34.1 Å². The van der Waals surface area contributed by atoms with E-state index in [1.165, 1.54) is 0 Å². The van der Waals surface area contributed by atoms with Crippen LogP contribution in [0.15, 0.2) is 0 Å². The van der Waals surface area contributed by atoms with Crippen molar-refractivity contribution in [1.82, 2.24) is 4.90 Å². The monoisotopic (exact) mass is 213 g/mol. The summed E-state index contributed by atoms with van der Waals surface area (Å²) in [6, 6.07) is 0. The molecule has 0 radical (unpaired) electrons. The first-order valence-corrected chi connectivity index (χ1v) is 5.30. The van der Waals surface area contributed by atoms with Crippen LogP contribution < -0.4 is 0 Å². The van der Waals surface area contributed by atoms with Crippen LogP contribution in [0.4, 0.5) is 4.79 Å². The number of nitrogens with zero attached hydrogens (tertiary/aromatic N) is 1. The van der Waals surface area contributed by atoms with Crippen molar-refractivity contribution in [2.75, 3.05) is 13.1 Å². The summed E-state index contributed by atoms with van der Waals surface area (Å²) in [7, 11) is 0. The number of piperidine rings is 1. The van der Waals surface area contributed by atoms with Crippen molar-refractivity contribution in [3.63, 3.8) is 0 Å². The number of ether oxygens (including phenoxy) is 1. The van der Waals surface area contributed by atoms with Gasteiger partial charge in [0.1, 0.15) is 11.4 Å². The van der Waals surface area contributed by atoms with Gasteiger partial charge in [0.15, 0.2) is 0 Å². The number of likely N-dealkylation sites (tertiary alicyclic amines) is 1. The fraction of sp³-hybridized carbons (Fsp3) is 0.818. The molecule has 1 heterocycles. The number of ketones is 1.